The number of aromatic nitrogens is 5. The largest absolute Gasteiger partial charge is 0.508 e. The Morgan fingerprint density at radius 1 is 0.892 bits per heavy atom. The molecule has 3 aromatic heterocycles. The van der Waals surface area contributed by atoms with Gasteiger partial charge in [0.05, 0.1) is 40.6 Å². The third kappa shape index (κ3) is 8.17. The van der Waals surface area contributed by atoms with Crippen molar-refractivity contribution >= 4 is 34.8 Å². The molecule has 3 unspecified atom stereocenters. The Kier molecular flexibility index (Phi) is 12.6. The molecule has 5 N–H and O–H groups in total. The number of carboxylic acid groups (broad SMARTS) is 1. The molecule has 74 heavy (non-hydrogen) atoms. The highest BCUT2D eigenvalue weighted by molar-refractivity contribution is 5.97. The summed E-state index contributed by atoms with van der Waals surface area (Å²) < 4.78 is 20.5. The van der Waals surface area contributed by atoms with Crippen LogP contribution in [-0.4, -0.2) is 98.8 Å². The van der Waals surface area contributed by atoms with Crippen LogP contribution in [0.3, 0.4) is 0 Å². The number of nitrogens with zero attached hydrogens (tertiary/aromatic N) is 6. The van der Waals surface area contributed by atoms with Gasteiger partial charge in [0, 0.05) is 54.2 Å². The molecule has 3 aliphatic heterocycles. The van der Waals surface area contributed by atoms with Crippen LogP contribution < -0.4 is 15.6 Å². The molecule has 0 radical (unpaired) electrons. The highest BCUT2D eigenvalue weighted by Crippen LogP contribution is 2.47. The molecule has 3 aliphatic rings. The van der Waals surface area contributed by atoms with Crippen LogP contribution in [0.15, 0.2) is 89.7 Å². The minimum absolute atomic E-state index is 0.0185. The number of aromatic hydroxyl groups is 3. The maximum atomic E-state index is 14.9. The number of amides is 2. The van der Waals surface area contributed by atoms with E-state index < -0.39 is 41.5 Å². The van der Waals surface area contributed by atoms with Crippen molar-refractivity contribution in [2.45, 2.75) is 96.9 Å². The van der Waals surface area contributed by atoms with Gasteiger partial charge in [-0.1, -0.05) is 27.7 Å². The number of aryl methyl sites for hydroxylation is 1. The average molecular weight is 1000 g/mol. The van der Waals surface area contributed by atoms with Crippen molar-refractivity contribution in [1.82, 2.24) is 34.5 Å². The number of benzene rings is 4. The van der Waals surface area contributed by atoms with Crippen LogP contribution in [0.4, 0.5) is 4.79 Å². The van der Waals surface area contributed by atoms with E-state index in [-0.39, 0.29) is 96.0 Å². The number of esters is 1. The van der Waals surface area contributed by atoms with Crippen LogP contribution >= 0.6 is 0 Å². The summed E-state index contributed by atoms with van der Waals surface area (Å²) in [5.41, 5.74) is 3.67. The maximum Gasteiger partial charge on any atom is 0.506 e. The molecule has 0 saturated carbocycles. The number of cyclic esters (lactones) is 1. The molecule has 2 amide bonds. The SMILES string of the molecule is CCNC(=O)c1nnc(-c2cc(C(C)C)c(O)cc2O)n1-c1ccc(Oc2ccc(C(=O)N3CCC(OC(=O)O)CC3C3(CC)C(=O)OCc4c3cc3n(c4=O)Cc4c-3nc3ccc(O)cc3c4CC)cc2)cc1. The molecule has 19 nitrogen and oxygen atoms in total. The van der Waals surface area contributed by atoms with Gasteiger partial charge in [0.15, 0.2) is 5.82 Å². The summed E-state index contributed by atoms with van der Waals surface area (Å²) in [6.45, 7) is 9.61. The van der Waals surface area contributed by atoms with Gasteiger partial charge < -0.3 is 49.4 Å². The second-order valence-electron chi connectivity index (χ2n) is 19.0. The second kappa shape index (κ2) is 19.0. The van der Waals surface area contributed by atoms with Crippen molar-refractivity contribution in [2.24, 2.45) is 0 Å². The normalized spacial score (nSPS) is 17.9. The molecule has 1 fully saturated rings. The Hall–Kier alpha value is -8.74. The van der Waals surface area contributed by atoms with E-state index in [1.54, 1.807) is 96.1 Å². The van der Waals surface area contributed by atoms with Gasteiger partial charge in [0.2, 0.25) is 5.82 Å². The van der Waals surface area contributed by atoms with E-state index in [9.17, 15) is 44.4 Å². The van der Waals surface area contributed by atoms with Crippen LogP contribution in [0.5, 0.6) is 28.7 Å². The predicted octanol–water partition coefficient (Wildman–Crippen LogP) is 8.09. The monoisotopic (exact) mass is 1000 g/mol. The lowest BCUT2D eigenvalue weighted by molar-refractivity contribution is -0.159. The van der Waals surface area contributed by atoms with E-state index in [4.69, 9.17) is 19.2 Å². The minimum Gasteiger partial charge on any atom is -0.508 e. The number of carbonyl (C=O) groups excluding carboxylic acids is 3. The summed E-state index contributed by atoms with van der Waals surface area (Å²) in [6, 6.07) is 21.7. The summed E-state index contributed by atoms with van der Waals surface area (Å²) in [5.74, 6) is -1.03. The maximum absolute atomic E-state index is 14.9. The zero-order valence-electron chi connectivity index (χ0n) is 41.2. The number of hydrogen-bond donors (Lipinski definition) is 5. The van der Waals surface area contributed by atoms with E-state index in [0.29, 0.717) is 58.2 Å². The molecule has 7 aromatic rings. The molecule has 19 heteroatoms. The smallest absolute Gasteiger partial charge is 0.506 e. The number of phenolic OH excluding ortho intramolecular Hbond substituents is 3. The van der Waals surface area contributed by atoms with Gasteiger partial charge in [-0.05, 0) is 121 Å². The Morgan fingerprint density at radius 2 is 1.62 bits per heavy atom. The Morgan fingerprint density at radius 3 is 2.30 bits per heavy atom. The first-order valence-electron chi connectivity index (χ1n) is 24.5. The fourth-order valence-electron chi connectivity index (χ4n) is 11.0. The van der Waals surface area contributed by atoms with Gasteiger partial charge in [-0.3, -0.25) is 23.7 Å². The number of pyridine rings is 2. The number of hydrogen-bond acceptors (Lipinski definition) is 14. The van der Waals surface area contributed by atoms with Crippen LogP contribution in [0.1, 0.15) is 109 Å². The van der Waals surface area contributed by atoms with Gasteiger partial charge in [-0.25, -0.2) is 9.78 Å². The first kappa shape index (κ1) is 48.9. The van der Waals surface area contributed by atoms with Crippen LogP contribution in [0, 0.1) is 0 Å². The summed E-state index contributed by atoms with van der Waals surface area (Å²) in [4.78, 5) is 75.8. The topological polar surface area (TPSA) is 258 Å². The van der Waals surface area contributed by atoms with Crippen molar-refractivity contribution < 1.29 is 53.8 Å². The van der Waals surface area contributed by atoms with E-state index in [1.807, 2.05) is 26.8 Å². The fourth-order valence-corrected chi connectivity index (χ4v) is 11.0. The Bertz CT molecular complexity index is 3500. The summed E-state index contributed by atoms with van der Waals surface area (Å²) in [7, 11) is 0. The quantitative estimate of drug-likeness (QED) is 0.0725. The fraction of sp³-hybridized carbons (Fsp3) is 0.309. The molecule has 0 bridgehead atoms. The number of ether oxygens (including phenoxy) is 3. The zero-order chi connectivity index (χ0) is 52.3. The lowest BCUT2D eigenvalue weighted by Crippen LogP contribution is -2.62. The molecule has 3 atom stereocenters. The number of carbonyl (C=O) groups is 4. The molecule has 380 valence electrons. The molecular formula is C55H53N7O12. The third-order valence-corrected chi connectivity index (χ3v) is 14.5. The van der Waals surface area contributed by atoms with Crippen molar-refractivity contribution in [3.8, 4) is 57.2 Å². The average Bonchev–Trinajstić information content (AvgIpc) is 4.01. The number of likely N-dealkylation sites (tertiary alicyclic amines) is 1. The van der Waals surface area contributed by atoms with E-state index in [0.717, 1.165) is 16.5 Å². The second-order valence-corrected chi connectivity index (χ2v) is 19.0. The molecule has 4 aromatic carbocycles. The van der Waals surface area contributed by atoms with E-state index in [1.165, 1.54) is 10.6 Å². The molecule has 0 spiro atoms. The van der Waals surface area contributed by atoms with Crippen molar-refractivity contribution in [1.29, 1.82) is 0 Å². The van der Waals surface area contributed by atoms with Crippen LogP contribution in [-0.2, 0) is 39.3 Å². The lowest BCUT2D eigenvalue weighted by atomic mass is 9.66. The summed E-state index contributed by atoms with van der Waals surface area (Å²) in [5, 5.41) is 53.5. The molecule has 10 rings (SSSR count). The van der Waals surface area contributed by atoms with Crippen LogP contribution in [0.25, 0.3) is 39.4 Å². The molecule has 0 aliphatic carbocycles. The van der Waals surface area contributed by atoms with Gasteiger partial charge >= 0.3 is 12.1 Å². The minimum atomic E-state index is -1.62. The molecular weight excluding hydrogens is 951 g/mol. The molecule has 1 saturated heterocycles. The summed E-state index contributed by atoms with van der Waals surface area (Å²) in [6.07, 6.45) is -1.60. The number of rotatable bonds is 12. The third-order valence-electron chi connectivity index (χ3n) is 14.5. The number of nitrogens with one attached hydrogen (secondary N) is 1. The van der Waals surface area contributed by atoms with Gasteiger partial charge in [0.1, 0.15) is 46.9 Å². The zero-order valence-corrected chi connectivity index (χ0v) is 41.2. The van der Waals surface area contributed by atoms with Crippen molar-refractivity contribution in [2.75, 3.05) is 13.1 Å². The van der Waals surface area contributed by atoms with Crippen LogP contribution in [0.2, 0.25) is 0 Å². The Labute approximate surface area is 423 Å². The first-order chi connectivity index (χ1) is 35.6. The molecule has 6 heterocycles. The highest BCUT2D eigenvalue weighted by Gasteiger charge is 2.57. The van der Waals surface area contributed by atoms with Gasteiger partial charge in [-0.15, -0.1) is 10.2 Å². The van der Waals surface area contributed by atoms with Crippen molar-refractivity contribution in [3.63, 3.8) is 0 Å². The van der Waals surface area contributed by atoms with Crippen molar-refractivity contribution in [3.05, 3.63) is 134 Å². The standard InChI is InChI=1S/C55H53N7O12/c1-6-35-37-21-31(63)13-18-42(37)57-47-39(35)26-61-43(47)24-41-40(52(61)68)27-72-53(69)55(41,7-2)46-22-34(74-54(70)71)19-20-60(46)51(67)29-9-14-32(15-10-29)73-33-16-11-30(12-17-33)62-48(58-59-49(62)50(66)56-8-3)38-23-36(28(4)5)44(64)25-45(38)65/h9-18,21,23-25,28,34,46,63-65H,6-8,19-20,22,26-27H2,1-5H3,(H,56,66)(H,70,71). The van der Waals surface area contributed by atoms with E-state index >= 15 is 0 Å². The number of fused-ring (bicyclic) bond motifs is 5. The lowest BCUT2D eigenvalue weighted by Gasteiger charge is -2.49. The van der Waals surface area contributed by atoms with Gasteiger partial charge in [0.25, 0.3) is 17.4 Å². The van der Waals surface area contributed by atoms with E-state index in [2.05, 4.69) is 15.5 Å². The first-order valence-corrected chi connectivity index (χ1v) is 24.5. The number of phenols is 3. The highest BCUT2D eigenvalue weighted by atomic mass is 16.7. The van der Waals surface area contributed by atoms with Gasteiger partial charge in [-0.2, -0.15) is 0 Å². The summed E-state index contributed by atoms with van der Waals surface area (Å²) >= 11 is 0. The Balaban J connectivity index is 0.962. The predicted molar refractivity (Wildman–Crippen MR) is 269 cm³/mol. The number of piperidine rings is 1.